The maximum absolute atomic E-state index is 17.2. The van der Waals surface area contributed by atoms with Gasteiger partial charge in [0, 0.05) is 29.6 Å². The summed E-state index contributed by atoms with van der Waals surface area (Å²) < 4.78 is 38.7. The number of Topliss-reactive ketones (excluding diaryl/α,β-unsaturated/α-hetero) is 1. The maximum Gasteiger partial charge on any atom is 0.470 e. The van der Waals surface area contributed by atoms with Crippen molar-refractivity contribution in [2.75, 3.05) is 6.61 Å². The molecule has 194 valence electrons. The summed E-state index contributed by atoms with van der Waals surface area (Å²) in [6.45, 7) is 5.17. The first kappa shape index (κ1) is 26.4. The van der Waals surface area contributed by atoms with E-state index in [1.165, 1.54) is 18.2 Å². The monoisotopic (exact) mass is 514 g/mol. The molecule has 0 unspecified atom stereocenters. The fourth-order valence-corrected chi connectivity index (χ4v) is 8.16. The molecule has 11 heteroatoms. The van der Waals surface area contributed by atoms with Crippen LogP contribution >= 0.6 is 7.82 Å². The first-order chi connectivity index (χ1) is 16.0. The number of phosphoric ester groups is 1. The van der Waals surface area contributed by atoms with Crippen molar-refractivity contribution in [3.63, 3.8) is 0 Å². The predicted molar refractivity (Wildman–Crippen MR) is 120 cm³/mol. The second-order valence-electron chi connectivity index (χ2n) is 10.9. The molecule has 4 aliphatic rings. The number of carbonyl (C=O) groups is 3. The summed E-state index contributed by atoms with van der Waals surface area (Å²) >= 11 is 0. The molecule has 4 aliphatic carbocycles. The van der Waals surface area contributed by atoms with Crippen LogP contribution in [-0.4, -0.2) is 56.4 Å². The zero-order valence-corrected chi connectivity index (χ0v) is 21.1. The lowest BCUT2D eigenvalue weighted by molar-refractivity contribution is -0.227. The second kappa shape index (κ2) is 8.15. The number of rotatable bonds is 5. The number of carbonyl (C=O) groups excluding carboxylic acids is 3. The van der Waals surface area contributed by atoms with Crippen LogP contribution in [0, 0.1) is 28.6 Å². The Morgan fingerprint density at radius 1 is 1.26 bits per heavy atom. The Morgan fingerprint density at radius 2 is 1.91 bits per heavy atom. The Kier molecular flexibility index (Phi) is 6.14. The van der Waals surface area contributed by atoms with Crippen LogP contribution < -0.4 is 0 Å². The molecule has 3 N–H and O–H groups in total. The van der Waals surface area contributed by atoms with Gasteiger partial charge in [-0.05, 0) is 50.7 Å². The number of aliphatic hydroxyl groups excluding tert-OH is 1. The molecule has 0 aromatic rings. The number of esters is 1. The molecule has 0 aromatic heterocycles. The minimum absolute atomic E-state index is 0.228. The highest BCUT2D eigenvalue weighted by Gasteiger charge is 2.77. The molecule has 3 saturated carbocycles. The van der Waals surface area contributed by atoms with Crippen molar-refractivity contribution in [2.45, 2.75) is 70.8 Å². The van der Waals surface area contributed by atoms with Gasteiger partial charge in [0.2, 0.25) is 5.78 Å². The largest absolute Gasteiger partial charge is 0.470 e. The van der Waals surface area contributed by atoms with E-state index in [1.54, 1.807) is 20.8 Å². The van der Waals surface area contributed by atoms with Crippen LogP contribution in [0.25, 0.3) is 0 Å². The average molecular weight is 514 g/mol. The Labute approximate surface area is 203 Å². The van der Waals surface area contributed by atoms with E-state index in [4.69, 9.17) is 14.5 Å². The lowest BCUT2D eigenvalue weighted by atomic mass is 9.44. The van der Waals surface area contributed by atoms with Gasteiger partial charge in [0.1, 0.15) is 6.61 Å². The van der Waals surface area contributed by atoms with Gasteiger partial charge in [0.05, 0.1) is 6.10 Å². The van der Waals surface area contributed by atoms with E-state index >= 15 is 4.39 Å². The van der Waals surface area contributed by atoms with Gasteiger partial charge in [-0.15, -0.1) is 0 Å². The number of alkyl halides is 1. The van der Waals surface area contributed by atoms with Crippen LogP contribution in [0.5, 0.6) is 0 Å². The van der Waals surface area contributed by atoms with Crippen molar-refractivity contribution < 1.29 is 47.5 Å². The Morgan fingerprint density at radius 3 is 2.51 bits per heavy atom. The SMILES string of the molecule is CC(=O)O[C@]1(C(=O)COP(=O)(O)O)[C@@H](C)C[C@H]2[C@@H]3CCC4=CC(=O)C=C[C@]4(C)[C@@]3(F)[C@@H](O)C[C@@]21C. The maximum atomic E-state index is 17.2. The molecule has 8 atom stereocenters. The molecule has 0 amide bonds. The predicted octanol–water partition coefficient (Wildman–Crippen LogP) is 2.58. The van der Waals surface area contributed by atoms with Crippen molar-refractivity contribution in [3.05, 3.63) is 23.8 Å². The first-order valence-corrected chi connectivity index (χ1v) is 13.3. The van der Waals surface area contributed by atoms with E-state index in [0.717, 1.165) is 6.92 Å². The zero-order chi connectivity index (χ0) is 26.2. The van der Waals surface area contributed by atoms with Crippen molar-refractivity contribution in [1.82, 2.24) is 0 Å². The van der Waals surface area contributed by atoms with Crippen LogP contribution in [0.15, 0.2) is 23.8 Å². The van der Waals surface area contributed by atoms with Crippen molar-refractivity contribution >= 4 is 25.4 Å². The van der Waals surface area contributed by atoms with Crippen LogP contribution in [0.1, 0.15) is 53.4 Å². The van der Waals surface area contributed by atoms with Gasteiger partial charge in [-0.25, -0.2) is 8.96 Å². The Hall–Kier alpha value is -1.71. The van der Waals surface area contributed by atoms with Gasteiger partial charge >= 0.3 is 13.8 Å². The van der Waals surface area contributed by atoms with Crippen LogP contribution in [0.3, 0.4) is 0 Å². The molecule has 0 aromatic carbocycles. The lowest BCUT2D eigenvalue weighted by Gasteiger charge is -2.62. The summed E-state index contributed by atoms with van der Waals surface area (Å²) in [6, 6.07) is 0. The summed E-state index contributed by atoms with van der Waals surface area (Å²) in [7, 11) is -4.99. The minimum atomic E-state index is -4.99. The third-order valence-corrected chi connectivity index (χ3v) is 9.73. The number of phosphoric acid groups is 1. The Bertz CT molecular complexity index is 1080. The van der Waals surface area contributed by atoms with Gasteiger partial charge in [0.15, 0.2) is 17.1 Å². The molecule has 0 saturated heterocycles. The number of fused-ring (bicyclic) bond motifs is 5. The van der Waals surface area contributed by atoms with Crippen molar-refractivity contribution in [1.29, 1.82) is 0 Å². The summed E-state index contributed by atoms with van der Waals surface area (Å²) in [4.78, 5) is 56.0. The van der Waals surface area contributed by atoms with Crippen LogP contribution in [-0.2, 0) is 28.2 Å². The number of hydrogen-bond donors (Lipinski definition) is 3. The fourth-order valence-electron chi connectivity index (χ4n) is 7.88. The second-order valence-corrected chi connectivity index (χ2v) is 12.2. The molecular formula is C24H32FO9P. The number of allylic oxidation sites excluding steroid dienone is 4. The van der Waals surface area contributed by atoms with Crippen LogP contribution in [0.2, 0.25) is 0 Å². The molecule has 0 aliphatic heterocycles. The molecule has 0 heterocycles. The molecule has 0 spiro atoms. The van der Waals surface area contributed by atoms with Gasteiger partial charge < -0.3 is 19.6 Å². The molecule has 9 nitrogen and oxygen atoms in total. The number of aliphatic hydroxyl groups is 1. The van der Waals surface area contributed by atoms with Gasteiger partial charge in [-0.2, -0.15) is 0 Å². The zero-order valence-electron chi connectivity index (χ0n) is 20.2. The summed E-state index contributed by atoms with van der Waals surface area (Å²) in [5, 5.41) is 11.4. The average Bonchev–Trinajstić information content (AvgIpc) is 2.95. The standard InChI is InChI=1S/C24H32FO9P/c1-13-9-18-17-6-5-15-10-16(27)7-8-21(15,3)23(17,25)19(28)11-22(18,4)24(13,34-14(2)26)20(29)12-33-35(30,31)32/h7-8,10,13,17-19,28H,5-6,9,11-12H2,1-4H3,(H2,30,31,32)/t13-,17-,18-,19-,21-,22-,23-,24-/m0/s1. The third-order valence-electron chi connectivity index (χ3n) is 9.26. The van der Waals surface area contributed by atoms with E-state index in [9.17, 15) is 24.1 Å². The number of halogens is 1. The highest BCUT2D eigenvalue weighted by molar-refractivity contribution is 7.46. The van der Waals surface area contributed by atoms with E-state index in [2.05, 4.69) is 4.52 Å². The van der Waals surface area contributed by atoms with E-state index in [-0.39, 0.29) is 12.2 Å². The number of ether oxygens (including phenoxy) is 1. The summed E-state index contributed by atoms with van der Waals surface area (Å²) in [5.74, 6) is -3.67. The highest BCUT2D eigenvalue weighted by Crippen LogP contribution is 2.71. The van der Waals surface area contributed by atoms with E-state index in [0.29, 0.717) is 24.8 Å². The van der Waals surface area contributed by atoms with Crippen LogP contribution in [0.4, 0.5) is 4.39 Å². The van der Waals surface area contributed by atoms with Crippen molar-refractivity contribution in [2.24, 2.45) is 28.6 Å². The summed E-state index contributed by atoms with van der Waals surface area (Å²) in [6.07, 6.45) is 3.55. The minimum Gasteiger partial charge on any atom is -0.450 e. The van der Waals surface area contributed by atoms with E-state index in [1.807, 2.05) is 0 Å². The normalized spacial score (nSPS) is 44.7. The summed E-state index contributed by atoms with van der Waals surface area (Å²) in [5.41, 5.74) is -5.81. The molecule has 0 radical (unpaired) electrons. The topological polar surface area (TPSA) is 147 Å². The fraction of sp³-hybridized carbons (Fsp3) is 0.708. The van der Waals surface area contributed by atoms with Gasteiger partial charge in [-0.3, -0.25) is 18.9 Å². The smallest absolute Gasteiger partial charge is 0.450 e. The lowest BCUT2D eigenvalue weighted by Crippen LogP contribution is -2.70. The molecule has 35 heavy (non-hydrogen) atoms. The molecule has 3 fully saturated rings. The van der Waals surface area contributed by atoms with Gasteiger partial charge in [0.25, 0.3) is 0 Å². The van der Waals surface area contributed by atoms with E-state index < -0.39 is 72.1 Å². The molecular weight excluding hydrogens is 482 g/mol. The number of ketones is 2. The highest BCUT2D eigenvalue weighted by atomic mass is 31.2. The van der Waals surface area contributed by atoms with Gasteiger partial charge in [-0.1, -0.05) is 25.5 Å². The van der Waals surface area contributed by atoms with Crippen molar-refractivity contribution in [3.8, 4) is 0 Å². The Balaban J connectivity index is 1.81. The molecule has 4 rings (SSSR count). The quantitative estimate of drug-likeness (QED) is 0.372. The third kappa shape index (κ3) is 3.55. The number of hydrogen-bond acceptors (Lipinski definition) is 7. The first-order valence-electron chi connectivity index (χ1n) is 11.8. The molecule has 0 bridgehead atoms.